The summed E-state index contributed by atoms with van der Waals surface area (Å²) < 4.78 is 0. The number of rotatable bonds is 0. The van der Waals surface area contributed by atoms with E-state index in [0.717, 1.165) is 10.2 Å². The molecule has 21 heavy (non-hydrogen) atoms. The van der Waals surface area contributed by atoms with Crippen LogP contribution in [0.5, 0.6) is 0 Å². The molecule has 0 heterocycles. The van der Waals surface area contributed by atoms with Gasteiger partial charge < -0.3 is 0 Å². The highest BCUT2D eigenvalue weighted by atomic mass is 28.1. The molecule has 0 aliphatic heterocycles. The van der Waals surface area contributed by atoms with Crippen molar-refractivity contribution in [3.63, 3.8) is 0 Å². The third-order valence-electron chi connectivity index (χ3n) is 4.72. The smallest absolute Gasteiger partial charge is 0.0393 e. The zero-order valence-electron chi connectivity index (χ0n) is 11.9. The topological polar surface area (TPSA) is 0 Å². The monoisotopic (exact) mass is 282 g/mol. The van der Waals surface area contributed by atoms with Crippen LogP contribution in [-0.4, -0.2) is 10.2 Å². The lowest BCUT2D eigenvalue weighted by Crippen LogP contribution is -2.04. The highest BCUT2D eigenvalue weighted by molar-refractivity contribution is 6.46. The lowest BCUT2D eigenvalue weighted by Gasteiger charge is -2.15. The van der Waals surface area contributed by atoms with Gasteiger partial charge in [-0.2, -0.15) is 0 Å². The predicted molar refractivity (Wildman–Crippen MR) is 97.2 cm³/mol. The van der Waals surface area contributed by atoms with Crippen LogP contribution >= 0.6 is 0 Å². The van der Waals surface area contributed by atoms with Crippen molar-refractivity contribution in [1.29, 1.82) is 0 Å². The first-order chi connectivity index (χ1) is 10.3. The molecule has 0 N–H and O–H groups in total. The second kappa shape index (κ2) is 3.83. The van der Waals surface area contributed by atoms with Gasteiger partial charge >= 0.3 is 0 Å². The van der Waals surface area contributed by atoms with Crippen LogP contribution < -0.4 is 5.19 Å². The van der Waals surface area contributed by atoms with Gasteiger partial charge in [0.15, 0.2) is 0 Å². The van der Waals surface area contributed by atoms with Gasteiger partial charge in [0.05, 0.1) is 0 Å². The van der Waals surface area contributed by atoms with Crippen molar-refractivity contribution in [2.75, 3.05) is 0 Å². The van der Waals surface area contributed by atoms with Gasteiger partial charge in [0.2, 0.25) is 0 Å². The molecule has 5 aromatic rings. The van der Waals surface area contributed by atoms with Crippen LogP contribution in [-0.2, 0) is 0 Å². The van der Waals surface area contributed by atoms with E-state index in [2.05, 4.69) is 66.7 Å². The van der Waals surface area contributed by atoms with Gasteiger partial charge in [0.1, 0.15) is 0 Å². The summed E-state index contributed by atoms with van der Waals surface area (Å²) in [5.74, 6) is 0. The van der Waals surface area contributed by atoms with Crippen molar-refractivity contribution in [2.24, 2.45) is 0 Å². The highest BCUT2D eigenvalue weighted by Crippen LogP contribution is 2.38. The molecule has 0 aliphatic rings. The van der Waals surface area contributed by atoms with Crippen molar-refractivity contribution < 1.29 is 0 Å². The van der Waals surface area contributed by atoms with E-state index in [4.69, 9.17) is 0 Å². The van der Waals surface area contributed by atoms with Gasteiger partial charge in [-0.25, -0.2) is 0 Å². The standard InChI is InChI=1S/C20H14Si/c21-17-11-10-13-6-2-8-15-14-7-1-4-12-5-3-9-16(18(12)14)20(17)19(13)15/h1-11H,21H3. The van der Waals surface area contributed by atoms with Crippen LogP contribution in [0.25, 0.3) is 43.1 Å². The van der Waals surface area contributed by atoms with Crippen LogP contribution in [0.4, 0.5) is 0 Å². The summed E-state index contributed by atoms with van der Waals surface area (Å²) in [5, 5.41) is 12.7. The maximum Gasteiger partial charge on any atom is 0.0393 e. The Kier molecular flexibility index (Phi) is 2.06. The quantitative estimate of drug-likeness (QED) is 0.231. The van der Waals surface area contributed by atoms with Crippen LogP contribution in [0, 0.1) is 0 Å². The lowest BCUT2D eigenvalue weighted by atomic mass is 9.90. The first-order valence-corrected chi connectivity index (χ1v) is 8.39. The SMILES string of the molecule is [SiH3]c1ccc2cccc3c4cccc5cccc(c1c23)c54. The van der Waals surface area contributed by atoms with Gasteiger partial charge in [-0.15, -0.1) is 0 Å². The van der Waals surface area contributed by atoms with Crippen molar-refractivity contribution in [3.05, 3.63) is 66.7 Å². The van der Waals surface area contributed by atoms with E-state index in [1.54, 1.807) is 0 Å². The molecule has 0 nitrogen and oxygen atoms in total. The second-order valence-corrected chi connectivity index (χ2v) is 6.95. The molecule has 0 saturated heterocycles. The molecule has 5 aromatic carbocycles. The van der Waals surface area contributed by atoms with Crippen LogP contribution in [0.15, 0.2) is 66.7 Å². The van der Waals surface area contributed by atoms with Crippen molar-refractivity contribution in [3.8, 4) is 0 Å². The first kappa shape index (κ1) is 11.3. The van der Waals surface area contributed by atoms with Gasteiger partial charge in [0.25, 0.3) is 0 Å². The minimum Gasteiger partial charge on any atom is -0.0628 e. The number of fused-ring (bicyclic) bond motifs is 2. The maximum atomic E-state index is 2.31. The van der Waals surface area contributed by atoms with E-state index in [0.29, 0.717) is 0 Å². The Labute approximate surface area is 125 Å². The molecule has 0 fully saturated rings. The number of hydrogen-bond acceptors (Lipinski definition) is 0. The van der Waals surface area contributed by atoms with E-state index in [-0.39, 0.29) is 0 Å². The Morgan fingerprint density at radius 1 is 0.476 bits per heavy atom. The third kappa shape index (κ3) is 1.34. The van der Waals surface area contributed by atoms with E-state index >= 15 is 0 Å². The Morgan fingerprint density at radius 2 is 1.05 bits per heavy atom. The fourth-order valence-corrected chi connectivity index (χ4v) is 4.51. The summed E-state index contributed by atoms with van der Waals surface area (Å²) in [6.45, 7) is 0. The molecule has 0 unspecified atom stereocenters. The average molecular weight is 282 g/mol. The minimum atomic E-state index is 1.08. The van der Waals surface area contributed by atoms with Crippen LogP contribution in [0.3, 0.4) is 0 Å². The van der Waals surface area contributed by atoms with Crippen molar-refractivity contribution in [2.45, 2.75) is 0 Å². The van der Waals surface area contributed by atoms with Crippen LogP contribution in [0.2, 0.25) is 0 Å². The molecule has 0 spiro atoms. The van der Waals surface area contributed by atoms with Gasteiger partial charge in [-0.3, -0.25) is 0 Å². The molecule has 0 atom stereocenters. The summed E-state index contributed by atoms with van der Waals surface area (Å²) in [7, 11) is 1.08. The molecule has 98 valence electrons. The molecule has 0 saturated carbocycles. The Balaban J connectivity index is 2.32. The molecule has 5 rings (SSSR count). The zero-order valence-corrected chi connectivity index (χ0v) is 13.9. The Bertz CT molecular complexity index is 1130. The normalized spacial score (nSPS) is 12.2. The van der Waals surface area contributed by atoms with Gasteiger partial charge in [-0.05, 0) is 43.1 Å². The maximum absolute atomic E-state index is 2.31. The number of hydrogen-bond donors (Lipinski definition) is 0. The fraction of sp³-hybridized carbons (Fsp3) is 0. The van der Waals surface area contributed by atoms with Gasteiger partial charge in [-0.1, -0.05) is 71.9 Å². The minimum absolute atomic E-state index is 1.08. The summed E-state index contributed by atoms with van der Waals surface area (Å²) in [4.78, 5) is 0. The van der Waals surface area contributed by atoms with Crippen molar-refractivity contribution in [1.82, 2.24) is 0 Å². The Morgan fingerprint density at radius 3 is 1.76 bits per heavy atom. The largest absolute Gasteiger partial charge is 0.0628 e. The fourth-order valence-electron chi connectivity index (χ4n) is 3.83. The summed E-state index contributed by atoms with van der Waals surface area (Å²) in [5.41, 5.74) is 0. The third-order valence-corrected chi connectivity index (χ3v) is 5.55. The molecular formula is C20H14Si. The summed E-state index contributed by atoms with van der Waals surface area (Å²) in [6, 6.07) is 24.6. The summed E-state index contributed by atoms with van der Waals surface area (Å²) in [6.07, 6.45) is 0. The predicted octanol–water partition coefficient (Wildman–Crippen LogP) is 3.73. The average Bonchev–Trinajstić information content (AvgIpc) is 2.53. The van der Waals surface area contributed by atoms with E-state index < -0.39 is 0 Å². The second-order valence-electron chi connectivity index (χ2n) is 5.87. The Hall–Kier alpha value is -2.38. The number of benzene rings is 5. The molecule has 0 bridgehead atoms. The molecule has 0 aromatic heterocycles. The molecule has 0 aliphatic carbocycles. The van der Waals surface area contributed by atoms with E-state index in [9.17, 15) is 0 Å². The van der Waals surface area contributed by atoms with Crippen LogP contribution in [0.1, 0.15) is 0 Å². The highest BCUT2D eigenvalue weighted by Gasteiger charge is 2.13. The first-order valence-electron chi connectivity index (χ1n) is 7.39. The lowest BCUT2D eigenvalue weighted by molar-refractivity contribution is 1.80. The van der Waals surface area contributed by atoms with Crippen molar-refractivity contribution >= 4 is 58.5 Å². The zero-order chi connectivity index (χ0) is 14.0. The summed E-state index contributed by atoms with van der Waals surface area (Å²) >= 11 is 0. The molecule has 0 radical (unpaired) electrons. The molecule has 1 heteroatoms. The molecular weight excluding hydrogens is 268 g/mol. The van der Waals surface area contributed by atoms with E-state index in [1.165, 1.54) is 48.3 Å². The van der Waals surface area contributed by atoms with Gasteiger partial charge in [0, 0.05) is 10.2 Å². The van der Waals surface area contributed by atoms with E-state index in [1.807, 2.05) is 0 Å². The molecule has 0 amide bonds.